The number of rotatable bonds is 4. The van der Waals surface area contributed by atoms with Crippen molar-refractivity contribution in [1.82, 2.24) is 24.4 Å². The van der Waals surface area contributed by atoms with Crippen LogP contribution in [0.25, 0.3) is 11.0 Å². The molecule has 0 atom stereocenters. The van der Waals surface area contributed by atoms with Crippen molar-refractivity contribution in [2.45, 2.75) is 57.5 Å². The second-order valence-corrected chi connectivity index (χ2v) is 10.5. The molecule has 3 N–H and O–H groups in total. The van der Waals surface area contributed by atoms with Crippen molar-refractivity contribution in [3.05, 3.63) is 36.3 Å². The number of nitrogens with two attached hydrogens (primary N) is 1. The smallest absolute Gasteiger partial charge is 0.230 e. The van der Waals surface area contributed by atoms with Crippen molar-refractivity contribution in [3.63, 3.8) is 0 Å². The third-order valence-corrected chi connectivity index (χ3v) is 8.00. The Balaban J connectivity index is 1.24. The zero-order chi connectivity index (χ0) is 24.0. The highest BCUT2D eigenvalue weighted by molar-refractivity contribution is 6.01. The summed E-state index contributed by atoms with van der Waals surface area (Å²) in [7, 11) is 0. The van der Waals surface area contributed by atoms with Crippen LogP contribution in [0.1, 0.15) is 51.6 Å². The van der Waals surface area contributed by atoms with Crippen LogP contribution >= 0.6 is 0 Å². The molecule has 9 heteroatoms. The number of amidine groups is 1. The average molecular weight is 474 g/mol. The standard InChI is InChI=1S/C26H35N9/c1-18(2)33-10-12-34(13-11-33)20-6-7-22(28-16-20)31-25-29-15-19-14-21-23(27)30-17-26(8-4-3-5-9-26)35(21)24(19)32-25/h6-7,14-16,18H,3-5,8-13,17H2,1-2H3,(H2,27,30)(H,28,29,31,32). The first kappa shape index (κ1) is 22.3. The maximum absolute atomic E-state index is 6.31. The summed E-state index contributed by atoms with van der Waals surface area (Å²) < 4.78 is 2.35. The molecule has 0 aromatic carbocycles. The van der Waals surface area contributed by atoms with Crippen LogP contribution in [-0.2, 0) is 5.54 Å². The lowest BCUT2D eigenvalue weighted by molar-refractivity contribution is 0.203. The Morgan fingerprint density at radius 1 is 1.00 bits per heavy atom. The van der Waals surface area contributed by atoms with Gasteiger partial charge in [-0.15, -0.1) is 0 Å². The Kier molecular flexibility index (Phi) is 5.59. The fourth-order valence-electron chi connectivity index (χ4n) is 5.95. The molecule has 3 aromatic rings. The molecular formula is C26H35N9. The van der Waals surface area contributed by atoms with Crippen LogP contribution in [0.5, 0.6) is 0 Å². The quantitative estimate of drug-likeness (QED) is 0.598. The Hall–Kier alpha value is -3.20. The van der Waals surface area contributed by atoms with E-state index in [1.54, 1.807) is 0 Å². The number of pyridine rings is 1. The van der Waals surface area contributed by atoms with Gasteiger partial charge in [0, 0.05) is 43.8 Å². The molecule has 2 aliphatic heterocycles. The van der Waals surface area contributed by atoms with Gasteiger partial charge in [0.25, 0.3) is 0 Å². The molecule has 1 spiro atoms. The Bertz CT molecular complexity index is 1230. The number of hydrogen-bond acceptors (Lipinski definition) is 8. The summed E-state index contributed by atoms with van der Waals surface area (Å²) in [4.78, 5) is 23.8. The molecule has 0 unspecified atom stereocenters. The van der Waals surface area contributed by atoms with E-state index < -0.39 is 0 Å². The second kappa shape index (κ2) is 8.78. The lowest BCUT2D eigenvalue weighted by Gasteiger charge is -2.41. The fraction of sp³-hybridized carbons (Fsp3) is 0.538. The third kappa shape index (κ3) is 4.01. The largest absolute Gasteiger partial charge is 0.382 e. The first-order valence-electron chi connectivity index (χ1n) is 12.9. The molecule has 1 aliphatic carbocycles. The van der Waals surface area contributed by atoms with E-state index in [9.17, 15) is 0 Å². The van der Waals surface area contributed by atoms with Gasteiger partial charge in [-0.05, 0) is 44.9 Å². The summed E-state index contributed by atoms with van der Waals surface area (Å²) in [5.74, 6) is 1.89. The van der Waals surface area contributed by atoms with Gasteiger partial charge in [-0.25, -0.2) is 9.97 Å². The molecule has 0 bridgehead atoms. The van der Waals surface area contributed by atoms with Gasteiger partial charge in [0.1, 0.15) is 17.3 Å². The van der Waals surface area contributed by atoms with Gasteiger partial charge in [0.05, 0.1) is 29.7 Å². The summed E-state index contributed by atoms with van der Waals surface area (Å²) in [5, 5.41) is 4.31. The molecule has 2 fully saturated rings. The first-order chi connectivity index (χ1) is 17.0. The number of aliphatic imine (C=N–C) groups is 1. The van der Waals surface area contributed by atoms with Crippen LogP contribution in [0.15, 0.2) is 35.6 Å². The van der Waals surface area contributed by atoms with Crippen molar-refractivity contribution in [3.8, 4) is 0 Å². The van der Waals surface area contributed by atoms with E-state index in [4.69, 9.17) is 10.7 Å². The molecule has 3 aliphatic rings. The molecule has 5 heterocycles. The molecule has 6 rings (SSSR count). The summed E-state index contributed by atoms with van der Waals surface area (Å²) in [5.41, 5.74) is 9.34. The van der Waals surface area contributed by atoms with Crippen molar-refractivity contribution in [2.75, 3.05) is 42.9 Å². The van der Waals surface area contributed by atoms with Crippen LogP contribution < -0.4 is 16.0 Å². The van der Waals surface area contributed by atoms with Crippen LogP contribution in [0.3, 0.4) is 0 Å². The van der Waals surface area contributed by atoms with E-state index in [0.29, 0.717) is 17.8 Å². The number of anilines is 3. The lowest BCUT2D eigenvalue weighted by Crippen LogP contribution is -2.48. The number of nitrogens with one attached hydrogen (secondary N) is 1. The molecular weight excluding hydrogens is 438 g/mol. The Morgan fingerprint density at radius 2 is 1.80 bits per heavy atom. The van der Waals surface area contributed by atoms with Gasteiger partial charge in [0.2, 0.25) is 5.95 Å². The van der Waals surface area contributed by atoms with Crippen molar-refractivity contribution < 1.29 is 0 Å². The summed E-state index contributed by atoms with van der Waals surface area (Å²) in [6.07, 6.45) is 9.76. The predicted molar refractivity (Wildman–Crippen MR) is 141 cm³/mol. The van der Waals surface area contributed by atoms with Crippen LogP contribution in [0.4, 0.5) is 17.5 Å². The molecule has 184 valence electrons. The maximum atomic E-state index is 6.31. The third-order valence-electron chi connectivity index (χ3n) is 8.00. The highest BCUT2D eigenvalue weighted by atomic mass is 15.3. The topological polar surface area (TPSA) is 100 Å². The van der Waals surface area contributed by atoms with Crippen LogP contribution in [0.2, 0.25) is 0 Å². The fourth-order valence-corrected chi connectivity index (χ4v) is 5.95. The van der Waals surface area contributed by atoms with E-state index in [-0.39, 0.29) is 5.54 Å². The SMILES string of the molecule is CC(C)N1CCN(c2ccc(Nc3ncc4cc5n(c4n3)C3(CCCCC3)CN=C5N)nc2)CC1. The second-order valence-electron chi connectivity index (χ2n) is 10.5. The highest BCUT2D eigenvalue weighted by Gasteiger charge is 2.39. The maximum Gasteiger partial charge on any atom is 0.230 e. The first-order valence-corrected chi connectivity index (χ1v) is 12.9. The Labute approximate surface area is 206 Å². The molecule has 35 heavy (non-hydrogen) atoms. The highest BCUT2D eigenvalue weighted by Crippen LogP contribution is 2.41. The van der Waals surface area contributed by atoms with Crippen molar-refractivity contribution in [2.24, 2.45) is 10.7 Å². The van der Waals surface area contributed by atoms with E-state index in [1.807, 2.05) is 18.5 Å². The zero-order valence-corrected chi connectivity index (χ0v) is 20.7. The van der Waals surface area contributed by atoms with E-state index in [1.165, 1.54) is 19.3 Å². The Morgan fingerprint density at radius 3 is 2.51 bits per heavy atom. The van der Waals surface area contributed by atoms with E-state index in [2.05, 4.69) is 60.6 Å². The van der Waals surface area contributed by atoms with Gasteiger partial charge in [0.15, 0.2) is 0 Å². The monoisotopic (exact) mass is 473 g/mol. The molecule has 1 saturated carbocycles. The number of fused-ring (bicyclic) bond motifs is 4. The summed E-state index contributed by atoms with van der Waals surface area (Å²) in [6.45, 7) is 9.49. The minimum atomic E-state index is -0.0245. The minimum absolute atomic E-state index is 0.0245. The van der Waals surface area contributed by atoms with Gasteiger partial charge in [-0.1, -0.05) is 19.3 Å². The van der Waals surface area contributed by atoms with Gasteiger partial charge < -0.3 is 20.5 Å². The summed E-state index contributed by atoms with van der Waals surface area (Å²) in [6, 6.07) is 6.83. The van der Waals surface area contributed by atoms with Gasteiger partial charge >= 0.3 is 0 Å². The summed E-state index contributed by atoms with van der Waals surface area (Å²) >= 11 is 0. The average Bonchev–Trinajstić information content (AvgIpc) is 3.28. The lowest BCUT2D eigenvalue weighted by atomic mass is 9.80. The molecule has 0 radical (unpaired) electrons. The normalized spacial score (nSPS) is 20.3. The number of piperazine rings is 1. The van der Waals surface area contributed by atoms with Gasteiger partial charge in [-0.3, -0.25) is 9.89 Å². The number of hydrogen-bond donors (Lipinski definition) is 2. The molecule has 1 saturated heterocycles. The van der Waals surface area contributed by atoms with Crippen LogP contribution in [-0.4, -0.2) is 69.0 Å². The van der Waals surface area contributed by atoms with Crippen molar-refractivity contribution >= 4 is 34.3 Å². The van der Waals surface area contributed by atoms with Crippen LogP contribution in [0, 0.1) is 0 Å². The van der Waals surface area contributed by atoms with Gasteiger partial charge in [-0.2, -0.15) is 4.98 Å². The number of nitrogens with zero attached hydrogens (tertiary/aromatic N) is 7. The van der Waals surface area contributed by atoms with E-state index >= 15 is 0 Å². The number of aromatic nitrogens is 4. The molecule has 0 amide bonds. The van der Waals surface area contributed by atoms with Crippen molar-refractivity contribution in [1.29, 1.82) is 0 Å². The zero-order valence-electron chi connectivity index (χ0n) is 20.7. The minimum Gasteiger partial charge on any atom is -0.382 e. The predicted octanol–water partition coefficient (Wildman–Crippen LogP) is 3.48. The molecule has 9 nitrogen and oxygen atoms in total. The van der Waals surface area contributed by atoms with E-state index in [0.717, 1.165) is 73.8 Å². The molecule has 3 aromatic heterocycles.